The molecular formula is C25H29FN4O2S. The Morgan fingerprint density at radius 1 is 1.24 bits per heavy atom. The van der Waals surface area contributed by atoms with Crippen molar-refractivity contribution in [3.8, 4) is 11.4 Å². The predicted molar refractivity (Wildman–Crippen MR) is 128 cm³/mol. The van der Waals surface area contributed by atoms with Gasteiger partial charge in [0.25, 0.3) is 0 Å². The first-order valence-electron chi connectivity index (χ1n) is 11.3. The molecule has 174 valence electrons. The number of halogens is 1. The van der Waals surface area contributed by atoms with Gasteiger partial charge in [-0.05, 0) is 49.6 Å². The molecule has 0 saturated carbocycles. The number of likely N-dealkylation sites (tertiary alicyclic amines) is 1. The third-order valence-corrected chi connectivity index (χ3v) is 6.85. The Kier molecular flexibility index (Phi) is 8.12. The summed E-state index contributed by atoms with van der Waals surface area (Å²) in [7, 11) is 0. The quantitative estimate of drug-likeness (QED) is 0.468. The Labute approximate surface area is 197 Å². The molecule has 2 heterocycles. The highest BCUT2D eigenvalue weighted by atomic mass is 32.2. The molecule has 6 nitrogen and oxygen atoms in total. The summed E-state index contributed by atoms with van der Waals surface area (Å²) in [6, 6.07) is 14.5. The monoisotopic (exact) mass is 468 g/mol. The van der Waals surface area contributed by atoms with Crippen LogP contribution in [-0.2, 0) is 17.1 Å². The van der Waals surface area contributed by atoms with Gasteiger partial charge in [-0.2, -0.15) is 16.7 Å². The fourth-order valence-corrected chi connectivity index (χ4v) is 4.84. The predicted octanol–water partition coefficient (Wildman–Crippen LogP) is 4.45. The number of aryl methyl sites for hydroxylation is 1. The van der Waals surface area contributed by atoms with E-state index in [0.717, 1.165) is 47.6 Å². The molecule has 1 N–H and O–H groups in total. The standard InChI is InChI=1S/C25H29FN4O2S/c1-18-5-2-3-7-22(18)24-28-23(32-29-24)16-30-13-4-6-20(15-30)25(31)27-12-14-33-17-19-8-10-21(26)11-9-19/h2-3,5,7-11,20H,4,6,12-17H2,1H3,(H,27,31). The number of thioether (sulfide) groups is 1. The van der Waals surface area contributed by atoms with Gasteiger partial charge in [-0.3, -0.25) is 9.69 Å². The summed E-state index contributed by atoms with van der Waals surface area (Å²) < 4.78 is 18.4. The van der Waals surface area contributed by atoms with Gasteiger partial charge in [-0.15, -0.1) is 0 Å². The number of nitrogens with one attached hydrogen (secondary N) is 1. The lowest BCUT2D eigenvalue weighted by molar-refractivity contribution is -0.126. The van der Waals surface area contributed by atoms with Gasteiger partial charge in [0, 0.05) is 30.2 Å². The topological polar surface area (TPSA) is 71.3 Å². The summed E-state index contributed by atoms with van der Waals surface area (Å²) in [4.78, 5) is 19.4. The van der Waals surface area contributed by atoms with E-state index < -0.39 is 0 Å². The minimum Gasteiger partial charge on any atom is -0.355 e. The van der Waals surface area contributed by atoms with Crippen molar-refractivity contribution in [1.29, 1.82) is 0 Å². The van der Waals surface area contributed by atoms with Crippen LogP contribution in [0.2, 0.25) is 0 Å². The van der Waals surface area contributed by atoms with Gasteiger partial charge < -0.3 is 9.84 Å². The molecule has 4 rings (SSSR count). The molecule has 1 unspecified atom stereocenters. The van der Waals surface area contributed by atoms with Crippen molar-refractivity contribution >= 4 is 17.7 Å². The average Bonchev–Trinajstić information content (AvgIpc) is 3.28. The number of carbonyl (C=O) groups is 1. The number of aromatic nitrogens is 2. The maximum Gasteiger partial charge on any atom is 0.241 e. The normalized spacial score (nSPS) is 16.6. The second-order valence-corrected chi connectivity index (χ2v) is 9.48. The highest BCUT2D eigenvalue weighted by molar-refractivity contribution is 7.98. The third kappa shape index (κ3) is 6.65. The maximum absolute atomic E-state index is 13.0. The lowest BCUT2D eigenvalue weighted by Crippen LogP contribution is -2.43. The number of piperidine rings is 1. The van der Waals surface area contributed by atoms with Crippen LogP contribution in [0.1, 0.15) is 29.9 Å². The van der Waals surface area contributed by atoms with Crippen molar-refractivity contribution in [3.63, 3.8) is 0 Å². The van der Waals surface area contributed by atoms with Crippen LogP contribution in [0.3, 0.4) is 0 Å². The first-order chi connectivity index (χ1) is 16.1. The first kappa shape index (κ1) is 23.4. The Morgan fingerprint density at radius 2 is 2.06 bits per heavy atom. The fraction of sp³-hybridized carbons (Fsp3) is 0.400. The van der Waals surface area contributed by atoms with Gasteiger partial charge in [-0.1, -0.05) is 41.6 Å². The van der Waals surface area contributed by atoms with Crippen molar-refractivity contribution in [2.24, 2.45) is 5.92 Å². The van der Waals surface area contributed by atoms with E-state index in [9.17, 15) is 9.18 Å². The molecule has 1 fully saturated rings. The molecule has 0 radical (unpaired) electrons. The second kappa shape index (κ2) is 11.4. The average molecular weight is 469 g/mol. The molecule has 2 aromatic carbocycles. The maximum atomic E-state index is 13.0. The van der Waals surface area contributed by atoms with E-state index in [2.05, 4.69) is 20.4 Å². The number of hydrogen-bond donors (Lipinski definition) is 1. The Balaban J connectivity index is 1.20. The summed E-state index contributed by atoms with van der Waals surface area (Å²) in [5, 5.41) is 7.20. The number of hydrogen-bond acceptors (Lipinski definition) is 6. The minimum absolute atomic E-state index is 0.0281. The molecule has 1 aliphatic heterocycles. The number of carbonyl (C=O) groups excluding carboxylic acids is 1. The van der Waals surface area contributed by atoms with Gasteiger partial charge in [-0.25, -0.2) is 4.39 Å². The number of rotatable bonds is 9. The first-order valence-corrected chi connectivity index (χ1v) is 12.4. The highest BCUT2D eigenvalue weighted by Crippen LogP contribution is 2.22. The molecule has 1 amide bonds. The van der Waals surface area contributed by atoms with E-state index in [4.69, 9.17) is 4.52 Å². The summed E-state index contributed by atoms with van der Waals surface area (Å²) in [5.41, 5.74) is 3.17. The molecule has 1 aliphatic rings. The zero-order valence-electron chi connectivity index (χ0n) is 18.8. The summed E-state index contributed by atoms with van der Waals surface area (Å²) in [5.74, 6) is 2.67. The van der Waals surface area contributed by atoms with Crippen molar-refractivity contribution in [2.45, 2.75) is 32.1 Å². The van der Waals surface area contributed by atoms with Crippen molar-refractivity contribution < 1.29 is 13.7 Å². The lowest BCUT2D eigenvalue weighted by atomic mass is 9.97. The SMILES string of the molecule is Cc1ccccc1-c1noc(CN2CCCC(C(=O)NCCSCc3ccc(F)cc3)C2)n1. The van der Waals surface area contributed by atoms with Crippen LogP contribution < -0.4 is 5.32 Å². The summed E-state index contributed by atoms with van der Waals surface area (Å²) >= 11 is 1.73. The number of nitrogens with zero attached hydrogens (tertiary/aromatic N) is 3. The Bertz CT molecular complexity index is 1060. The van der Waals surface area contributed by atoms with Crippen LogP contribution in [0.5, 0.6) is 0 Å². The number of amides is 1. The molecule has 3 aromatic rings. The highest BCUT2D eigenvalue weighted by Gasteiger charge is 2.26. The largest absolute Gasteiger partial charge is 0.355 e. The Hall–Kier alpha value is -2.71. The molecular weight excluding hydrogens is 439 g/mol. The van der Waals surface area contributed by atoms with E-state index in [-0.39, 0.29) is 17.6 Å². The molecule has 8 heteroatoms. The van der Waals surface area contributed by atoms with Crippen LogP contribution in [0.4, 0.5) is 4.39 Å². The molecule has 0 bridgehead atoms. The smallest absolute Gasteiger partial charge is 0.241 e. The third-order valence-electron chi connectivity index (χ3n) is 5.82. The summed E-state index contributed by atoms with van der Waals surface area (Å²) in [6.45, 7) is 4.82. The van der Waals surface area contributed by atoms with Crippen molar-refractivity contribution in [2.75, 3.05) is 25.4 Å². The van der Waals surface area contributed by atoms with Gasteiger partial charge in [0.1, 0.15) is 5.82 Å². The van der Waals surface area contributed by atoms with E-state index >= 15 is 0 Å². The molecule has 0 spiro atoms. The van der Waals surface area contributed by atoms with Gasteiger partial charge in [0.15, 0.2) is 0 Å². The summed E-state index contributed by atoms with van der Waals surface area (Å²) in [6.07, 6.45) is 1.86. The molecule has 1 aromatic heterocycles. The zero-order chi connectivity index (χ0) is 23.0. The van der Waals surface area contributed by atoms with Crippen LogP contribution in [-0.4, -0.2) is 46.3 Å². The molecule has 1 atom stereocenters. The van der Waals surface area contributed by atoms with Gasteiger partial charge in [0.2, 0.25) is 17.6 Å². The zero-order valence-corrected chi connectivity index (χ0v) is 19.6. The molecule has 1 saturated heterocycles. The lowest BCUT2D eigenvalue weighted by Gasteiger charge is -2.30. The van der Waals surface area contributed by atoms with Crippen molar-refractivity contribution in [1.82, 2.24) is 20.4 Å². The van der Waals surface area contributed by atoms with Gasteiger partial charge >= 0.3 is 0 Å². The van der Waals surface area contributed by atoms with E-state index in [1.54, 1.807) is 23.9 Å². The Morgan fingerprint density at radius 3 is 2.88 bits per heavy atom. The second-order valence-electron chi connectivity index (χ2n) is 8.37. The van der Waals surface area contributed by atoms with Crippen LogP contribution in [0.15, 0.2) is 53.1 Å². The van der Waals surface area contributed by atoms with E-state index in [1.807, 2.05) is 31.2 Å². The number of benzene rings is 2. The van der Waals surface area contributed by atoms with E-state index in [0.29, 0.717) is 31.3 Å². The fourth-order valence-electron chi connectivity index (χ4n) is 4.02. The van der Waals surface area contributed by atoms with Crippen molar-refractivity contribution in [3.05, 3.63) is 71.4 Å². The minimum atomic E-state index is -0.219. The molecule has 33 heavy (non-hydrogen) atoms. The van der Waals surface area contributed by atoms with Crippen LogP contribution >= 0.6 is 11.8 Å². The van der Waals surface area contributed by atoms with Crippen LogP contribution in [0.25, 0.3) is 11.4 Å². The van der Waals surface area contributed by atoms with E-state index in [1.165, 1.54) is 12.1 Å². The molecule has 0 aliphatic carbocycles. The van der Waals surface area contributed by atoms with Gasteiger partial charge in [0.05, 0.1) is 12.5 Å². The van der Waals surface area contributed by atoms with Crippen LogP contribution in [0, 0.1) is 18.7 Å².